The lowest BCUT2D eigenvalue weighted by Crippen LogP contribution is -2.48. The number of aryl methyl sites for hydroxylation is 1. The number of phenolic OH excluding ortho intramolecular Hbond substituents is 1. The van der Waals surface area contributed by atoms with Crippen molar-refractivity contribution >= 4 is 5.95 Å². The third kappa shape index (κ3) is 3.21. The van der Waals surface area contributed by atoms with Crippen molar-refractivity contribution in [2.24, 2.45) is 5.92 Å². The molecular weight excluding hydrogens is 340 g/mol. The minimum atomic E-state index is 0.0214. The van der Waals surface area contributed by atoms with Gasteiger partial charge >= 0.3 is 0 Å². The zero-order valence-corrected chi connectivity index (χ0v) is 15.8. The highest BCUT2D eigenvalue weighted by Gasteiger charge is 2.39. The van der Waals surface area contributed by atoms with Gasteiger partial charge in [0.25, 0.3) is 0 Å². The lowest BCUT2D eigenvalue weighted by molar-refractivity contribution is 0.181. The van der Waals surface area contributed by atoms with Crippen LogP contribution in [0.2, 0.25) is 0 Å². The molecule has 0 saturated carbocycles. The topological polar surface area (TPSA) is 89.2 Å². The molecule has 2 saturated heterocycles. The van der Waals surface area contributed by atoms with Crippen LogP contribution in [0.5, 0.6) is 5.75 Å². The molecule has 1 aromatic carbocycles. The SMILES string of the molecule is CCN1CC[C@@H]2CCN(c3nnc(-c4ccc(C#N)cc4O)c(C)n3)[C@@H]2C1. The van der Waals surface area contributed by atoms with Gasteiger partial charge in [-0.3, -0.25) is 0 Å². The molecule has 0 amide bonds. The molecule has 3 heterocycles. The molecule has 1 aromatic heterocycles. The summed E-state index contributed by atoms with van der Waals surface area (Å²) < 4.78 is 0. The van der Waals surface area contributed by atoms with Crippen molar-refractivity contribution in [3.8, 4) is 23.1 Å². The van der Waals surface area contributed by atoms with Gasteiger partial charge in [0, 0.05) is 24.7 Å². The number of nitrogens with zero attached hydrogens (tertiary/aromatic N) is 6. The average Bonchev–Trinajstić information content (AvgIpc) is 3.11. The van der Waals surface area contributed by atoms with Gasteiger partial charge in [-0.05, 0) is 57.0 Å². The summed E-state index contributed by atoms with van der Waals surface area (Å²) in [4.78, 5) is 9.50. The largest absolute Gasteiger partial charge is 0.507 e. The van der Waals surface area contributed by atoms with E-state index >= 15 is 0 Å². The Morgan fingerprint density at radius 3 is 2.78 bits per heavy atom. The Morgan fingerprint density at radius 1 is 1.26 bits per heavy atom. The molecule has 140 valence electrons. The van der Waals surface area contributed by atoms with Crippen molar-refractivity contribution in [2.45, 2.75) is 32.7 Å². The Kier molecular flexibility index (Phi) is 4.66. The standard InChI is InChI=1S/C20H24N6O/c1-3-25-8-6-15-7-9-26(17(15)12-25)20-22-13(2)19(23-24-20)16-5-4-14(11-21)10-18(16)27/h4-5,10,15,17,27H,3,6-9,12H2,1-2H3/t15-,17-/m1/s1. The fourth-order valence-corrected chi connectivity index (χ4v) is 4.31. The maximum absolute atomic E-state index is 10.2. The van der Waals surface area contributed by atoms with Gasteiger partial charge in [-0.15, -0.1) is 10.2 Å². The lowest BCUT2D eigenvalue weighted by atomic mass is 9.92. The molecule has 27 heavy (non-hydrogen) atoms. The summed E-state index contributed by atoms with van der Waals surface area (Å²) in [5.41, 5.74) is 2.24. The maximum Gasteiger partial charge on any atom is 0.245 e. The number of likely N-dealkylation sites (N-methyl/N-ethyl adjacent to an activating group) is 1. The van der Waals surface area contributed by atoms with E-state index in [1.807, 2.05) is 13.0 Å². The van der Waals surface area contributed by atoms with Gasteiger partial charge in [-0.25, -0.2) is 4.98 Å². The molecule has 1 N–H and O–H groups in total. The number of aromatic hydroxyl groups is 1. The summed E-state index contributed by atoms with van der Waals surface area (Å²) in [6, 6.07) is 7.27. The summed E-state index contributed by atoms with van der Waals surface area (Å²) in [5, 5.41) is 28.0. The second kappa shape index (κ2) is 7.12. The van der Waals surface area contributed by atoms with Crippen molar-refractivity contribution in [3.63, 3.8) is 0 Å². The summed E-state index contributed by atoms with van der Waals surface area (Å²) in [6.45, 7) is 8.38. The monoisotopic (exact) mass is 364 g/mol. The van der Waals surface area contributed by atoms with Crippen LogP contribution in [0.25, 0.3) is 11.3 Å². The van der Waals surface area contributed by atoms with Crippen LogP contribution >= 0.6 is 0 Å². The number of piperidine rings is 1. The van der Waals surface area contributed by atoms with E-state index in [0.717, 1.165) is 25.3 Å². The molecule has 7 heteroatoms. The molecule has 0 bridgehead atoms. The van der Waals surface area contributed by atoms with Gasteiger partial charge in [-0.1, -0.05) is 6.92 Å². The molecule has 2 fully saturated rings. The van der Waals surface area contributed by atoms with Gasteiger partial charge in [0.1, 0.15) is 11.4 Å². The van der Waals surface area contributed by atoms with Crippen molar-refractivity contribution in [1.29, 1.82) is 5.26 Å². The quantitative estimate of drug-likeness (QED) is 0.894. The first-order chi connectivity index (χ1) is 13.1. The summed E-state index contributed by atoms with van der Waals surface area (Å²) >= 11 is 0. The first-order valence-electron chi connectivity index (χ1n) is 9.54. The summed E-state index contributed by atoms with van der Waals surface area (Å²) in [6.07, 6.45) is 2.42. The third-order valence-electron chi connectivity index (χ3n) is 5.88. The maximum atomic E-state index is 10.2. The number of phenols is 1. The van der Waals surface area contributed by atoms with Crippen LogP contribution in [0.15, 0.2) is 18.2 Å². The Morgan fingerprint density at radius 2 is 2.07 bits per heavy atom. The van der Waals surface area contributed by atoms with E-state index in [1.54, 1.807) is 12.1 Å². The number of aromatic nitrogens is 3. The van der Waals surface area contributed by atoms with Crippen LogP contribution in [-0.4, -0.2) is 57.4 Å². The second-order valence-electron chi connectivity index (χ2n) is 7.38. The first kappa shape index (κ1) is 17.7. The molecule has 0 unspecified atom stereocenters. The van der Waals surface area contributed by atoms with E-state index in [2.05, 4.69) is 26.9 Å². The predicted octanol–water partition coefficient (Wildman–Crippen LogP) is 2.34. The van der Waals surface area contributed by atoms with E-state index in [4.69, 9.17) is 10.2 Å². The Bertz CT molecular complexity index is 893. The lowest BCUT2D eigenvalue weighted by Gasteiger charge is -2.37. The molecule has 4 rings (SSSR count). The van der Waals surface area contributed by atoms with Crippen LogP contribution < -0.4 is 4.90 Å². The zero-order valence-electron chi connectivity index (χ0n) is 15.8. The smallest absolute Gasteiger partial charge is 0.245 e. The van der Waals surface area contributed by atoms with Gasteiger partial charge in [0.2, 0.25) is 5.95 Å². The molecule has 0 spiro atoms. The van der Waals surface area contributed by atoms with E-state index in [9.17, 15) is 5.11 Å². The number of benzene rings is 1. The molecule has 0 aliphatic carbocycles. The average molecular weight is 364 g/mol. The molecule has 2 aliphatic heterocycles. The molecule has 2 aliphatic rings. The number of nitriles is 1. The molecule has 7 nitrogen and oxygen atoms in total. The second-order valence-corrected chi connectivity index (χ2v) is 7.38. The summed E-state index contributed by atoms with van der Waals surface area (Å²) in [7, 11) is 0. The fraction of sp³-hybridized carbons (Fsp3) is 0.500. The minimum Gasteiger partial charge on any atom is -0.507 e. The van der Waals surface area contributed by atoms with Crippen molar-refractivity contribution < 1.29 is 5.11 Å². The van der Waals surface area contributed by atoms with E-state index in [-0.39, 0.29) is 5.75 Å². The van der Waals surface area contributed by atoms with Crippen LogP contribution in [-0.2, 0) is 0 Å². The van der Waals surface area contributed by atoms with E-state index < -0.39 is 0 Å². The Hall–Kier alpha value is -2.72. The van der Waals surface area contributed by atoms with Crippen LogP contribution in [0.3, 0.4) is 0 Å². The van der Waals surface area contributed by atoms with Crippen LogP contribution in [0.4, 0.5) is 5.95 Å². The number of anilines is 1. The van der Waals surface area contributed by atoms with Crippen molar-refractivity contribution in [1.82, 2.24) is 20.1 Å². The number of hydrogen-bond donors (Lipinski definition) is 1. The highest BCUT2D eigenvalue weighted by atomic mass is 16.3. The highest BCUT2D eigenvalue weighted by molar-refractivity contribution is 5.69. The predicted molar refractivity (Wildman–Crippen MR) is 102 cm³/mol. The van der Waals surface area contributed by atoms with Gasteiger partial charge in [0.15, 0.2) is 0 Å². The van der Waals surface area contributed by atoms with E-state index in [1.165, 1.54) is 25.5 Å². The third-order valence-corrected chi connectivity index (χ3v) is 5.88. The van der Waals surface area contributed by atoms with Crippen LogP contribution in [0, 0.1) is 24.2 Å². The minimum absolute atomic E-state index is 0.0214. The highest BCUT2D eigenvalue weighted by Crippen LogP contribution is 2.35. The molecule has 2 atom stereocenters. The number of likely N-dealkylation sites (tertiary alicyclic amines) is 1. The number of rotatable bonds is 3. The van der Waals surface area contributed by atoms with Gasteiger partial charge in [0.05, 0.1) is 17.3 Å². The normalized spacial score (nSPS) is 22.5. The van der Waals surface area contributed by atoms with Crippen LogP contribution in [0.1, 0.15) is 31.0 Å². The van der Waals surface area contributed by atoms with Gasteiger partial charge in [-0.2, -0.15) is 5.26 Å². The fourth-order valence-electron chi connectivity index (χ4n) is 4.31. The molecular formula is C20H24N6O. The first-order valence-corrected chi connectivity index (χ1v) is 9.54. The zero-order chi connectivity index (χ0) is 19.0. The van der Waals surface area contributed by atoms with Crippen molar-refractivity contribution in [2.75, 3.05) is 31.1 Å². The Balaban J connectivity index is 1.62. The molecule has 0 radical (unpaired) electrons. The summed E-state index contributed by atoms with van der Waals surface area (Å²) in [5.74, 6) is 1.40. The number of fused-ring (bicyclic) bond motifs is 1. The Labute approximate surface area is 159 Å². The van der Waals surface area contributed by atoms with Crippen molar-refractivity contribution in [3.05, 3.63) is 29.5 Å². The molecule has 2 aromatic rings. The van der Waals surface area contributed by atoms with E-state index in [0.29, 0.717) is 34.7 Å². The number of hydrogen-bond acceptors (Lipinski definition) is 7. The van der Waals surface area contributed by atoms with Gasteiger partial charge < -0.3 is 14.9 Å².